The Bertz CT molecular complexity index is 527. The zero-order valence-electron chi connectivity index (χ0n) is 11.6. The molecule has 0 fully saturated rings. The maximum atomic E-state index is 13.9. The van der Waals surface area contributed by atoms with E-state index in [9.17, 15) is 4.39 Å². The molecule has 1 unspecified atom stereocenters. The van der Waals surface area contributed by atoms with Crippen LogP contribution in [-0.4, -0.2) is 17.8 Å². The summed E-state index contributed by atoms with van der Waals surface area (Å²) in [5, 5.41) is 14.2. The first-order valence-corrected chi connectivity index (χ1v) is 7.75. The van der Waals surface area contributed by atoms with E-state index in [1.54, 1.807) is 11.3 Å². The Morgan fingerprint density at radius 3 is 2.90 bits per heavy atom. The number of benzene rings is 1. The summed E-state index contributed by atoms with van der Waals surface area (Å²) in [4.78, 5) is 0.956. The van der Waals surface area contributed by atoms with E-state index in [1.165, 1.54) is 6.07 Å². The number of halogens is 1. The number of rotatable bonds is 7. The van der Waals surface area contributed by atoms with Gasteiger partial charge in [0.15, 0.2) is 0 Å². The van der Waals surface area contributed by atoms with Gasteiger partial charge in [0.2, 0.25) is 0 Å². The first-order valence-electron chi connectivity index (χ1n) is 6.87. The van der Waals surface area contributed by atoms with Gasteiger partial charge in [-0.2, -0.15) is 0 Å². The normalized spacial score (nSPS) is 12.6. The fraction of sp³-hybridized carbons (Fsp3) is 0.375. The molecule has 0 saturated carbocycles. The van der Waals surface area contributed by atoms with Gasteiger partial charge in [0.25, 0.3) is 0 Å². The quantitative estimate of drug-likeness (QED) is 0.813. The minimum atomic E-state index is -0.176. The van der Waals surface area contributed by atoms with Gasteiger partial charge in [-0.25, -0.2) is 4.39 Å². The van der Waals surface area contributed by atoms with Crippen molar-refractivity contribution in [3.63, 3.8) is 0 Å². The average molecular weight is 293 g/mol. The second-order valence-electron chi connectivity index (χ2n) is 4.94. The highest BCUT2D eigenvalue weighted by Gasteiger charge is 2.08. The maximum Gasteiger partial charge on any atom is 0.131 e. The predicted octanol–water partition coefficient (Wildman–Crippen LogP) is 3.80. The molecule has 1 aromatic heterocycles. The third-order valence-corrected chi connectivity index (χ3v) is 4.17. The Morgan fingerprint density at radius 1 is 1.35 bits per heavy atom. The number of aliphatic hydroxyl groups is 1. The molecule has 20 heavy (non-hydrogen) atoms. The SMILES string of the molecule is CC(CCCO)NCc1ccc(F)c(-c2cccs2)c1. The van der Waals surface area contributed by atoms with Crippen molar-refractivity contribution in [1.82, 2.24) is 5.32 Å². The molecule has 2 rings (SSSR count). The number of hydrogen-bond acceptors (Lipinski definition) is 3. The average Bonchev–Trinajstić information content (AvgIpc) is 2.98. The Hall–Kier alpha value is -1.23. The van der Waals surface area contributed by atoms with Gasteiger partial charge in [0.1, 0.15) is 5.82 Å². The fourth-order valence-corrected chi connectivity index (χ4v) is 2.84. The molecule has 0 aliphatic heterocycles. The van der Waals surface area contributed by atoms with Crippen molar-refractivity contribution in [2.45, 2.75) is 32.4 Å². The van der Waals surface area contributed by atoms with Crippen LogP contribution in [0.4, 0.5) is 4.39 Å². The largest absolute Gasteiger partial charge is 0.396 e. The molecule has 0 radical (unpaired) electrons. The molecule has 0 aliphatic carbocycles. The van der Waals surface area contributed by atoms with Gasteiger partial charge in [-0.05, 0) is 48.9 Å². The summed E-state index contributed by atoms with van der Waals surface area (Å²) in [6, 6.07) is 9.47. The van der Waals surface area contributed by atoms with Crippen LogP contribution in [0.15, 0.2) is 35.7 Å². The van der Waals surface area contributed by atoms with E-state index < -0.39 is 0 Å². The zero-order chi connectivity index (χ0) is 14.4. The van der Waals surface area contributed by atoms with Crippen LogP contribution in [-0.2, 0) is 6.54 Å². The van der Waals surface area contributed by atoms with E-state index in [2.05, 4.69) is 12.2 Å². The van der Waals surface area contributed by atoms with Crippen molar-refractivity contribution in [3.05, 3.63) is 47.1 Å². The Labute approximate surface area is 123 Å². The number of nitrogens with one attached hydrogen (secondary N) is 1. The first-order chi connectivity index (χ1) is 9.70. The predicted molar refractivity (Wildman–Crippen MR) is 82.3 cm³/mol. The third kappa shape index (κ3) is 4.13. The molecule has 1 aromatic carbocycles. The minimum Gasteiger partial charge on any atom is -0.396 e. The topological polar surface area (TPSA) is 32.3 Å². The molecular weight excluding hydrogens is 273 g/mol. The van der Waals surface area contributed by atoms with Gasteiger partial charge in [-0.15, -0.1) is 11.3 Å². The molecule has 0 aliphatic rings. The van der Waals surface area contributed by atoms with Crippen LogP contribution in [0.5, 0.6) is 0 Å². The molecule has 0 saturated heterocycles. The molecule has 2 N–H and O–H groups in total. The van der Waals surface area contributed by atoms with E-state index in [0.717, 1.165) is 23.3 Å². The summed E-state index contributed by atoms with van der Waals surface area (Å²) in [5.74, 6) is -0.176. The highest BCUT2D eigenvalue weighted by atomic mass is 32.1. The standard InChI is InChI=1S/C16H20FNOS/c1-12(4-2-8-19)18-11-13-6-7-15(17)14(10-13)16-5-3-9-20-16/h3,5-7,9-10,12,18-19H,2,4,8,11H2,1H3. The van der Waals surface area contributed by atoms with E-state index in [1.807, 2.05) is 29.6 Å². The lowest BCUT2D eigenvalue weighted by molar-refractivity contribution is 0.276. The molecule has 4 heteroatoms. The molecule has 1 heterocycles. The van der Waals surface area contributed by atoms with Crippen molar-refractivity contribution in [2.75, 3.05) is 6.61 Å². The fourth-order valence-electron chi connectivity index (χ4n) is 2.09. The van der Waals surface area contributed by atoms with Gasteiger partial charge in [0.05, 0.1) is 0 Å². The van der Waals surface area contributed by atoms with Crippen molar-refractivity contribution in [2.24, 2.45) is 0 Å². The summed E-state index contributed by atoms with van der Waals surface area (Å²) >= 11 is 1.55. The van der Waals surface area contributed by atoms with E-state index in [4.69, 9.17) is 5.11 Å². The van der Waals surface area contributed by atoms with Crippen molar-refractivity contribution in [3.8, 4) is 10.4 Å². The highest BCUT2D eigenvalue weighted by Crippen LogP contribution is 2.28. The van der Waals surface area contributed by atoms with Gasteiger partial charge in [0, 0.05) is 29.6 Å². The van der Waals surface area contributed by atoms with Crippen molar-refractivity contribution >= 4 is 11.3 Å². The number of aliphatic hydroxyl groups excluding tert-OH is 1. The number of hydrogen-bond donors (Lipinski definition) is 2. The second-order valence-corrected chi connectivity index (χ2v) is 5.89. The summed E-state index contributed by atoms with van der Waals surface area (Å²) in [6.07, 6.45) is 1.74. The van der Waals surface area contributed by atoms with E-state index >= 15 is 0 Å². The summed E-state index contributed by atoms with van der Waals surface area (Å²) in [7, 11) is 0. The molecule has 0 spiro atoms. The van der Waals surface area contributed by atoms with Gasteiger partial charge in [-0.3, -0.25) is 0 Å². The Kier molecular flexibility index (Phi) is 5.71. The maximum absolute atomic E-state index is 13.9. The van der Waals surface area contributed by atoms with E-state index in [0.29, 0.717) is 18.2 Å². The third-order valence-electron chi connectivity index (χ3n) is 3.27. The first kappa shape index (κ1) is 15.2. The van der Waals surface area contributed by atoms with Crippen LogP contribution in [0.25, 0.3) is 10.4 Å². The Morgan fingerprint density at radius 2 is 2.20 bits per heavy atom. The highest BCUT2D eigenvalue weighted by molar-refractivity contribution is 7.13. The molecule has 0 bridgehead atoms. The summed E-state index contributed by atoms with van der Waals surface area (Å²) in [6.45, 7) is 3.04. The van der Waals surface area contributed by atoms with Crippen LogP contribution in [0.2, 0.25) is 0 Å². The molecule has 2 nitrogen and oxygen atoms in total. The second kappa shape index (κ2) is 7.53. The molecule has 0 amide bonds. The number of thiophene rings is 1. The lowest BCUT2D eigenvalue weighted by atomic mass is 10.1. The molecule has 108 valence electrons. The van der Waals surface area contributed by atoms with Crippen LogP contribution in [0.3, 0.4) is 0 Å². The summed E-state index contributed by atoms with van der Waals surface area (Å²) in [5.41, 5.74) is 1.74. The lowest BCUT2D eigenvalue weighted by Gasteiger charge is -2.13. The van der Waals surface area contributed by atoms with Crippen molar-refractivity contribution in [1.29, 1.82) is 0 Å². The van der Waals surface area contributed by atoms with Crippen LogP contribution < -0.4 is 5.32 Å². The van der Waals surface area contributed by atoms with E-state index in [-0.39, 0.29) is 12.4 Å². The molecule has 1 atom stereocenters. The van der Waals surface area contributed by atoms with Gasteiger partial charge < -0.3 is 10.4 Å². The molecule has 2 aromatic rings. The monoisotopic (exact) mass is 293 g/mol. The Balaban J connectivity index is 2.01. The van der Waals surface area contributed by atoms with Crippen LogP contribution in [0.1, 0.15) is 25.3 Å². The smallest absolute Gasteiger partial charge is 0.131 e. The van der Waals surface area contributed by atoms with Gasteiger partial charge in [-0.1, -0.05) is 12.1 Å². The van der Waals surface area contributed by atoms with Gasteiger partial charge >= 0.3 is 0 Å². The van der Waals surface area contributed by atoms with Crippen molar-refractivity contribution < 1.29 is 9.50 Å². The zero-order valence-corrected chi connectivity index (χ0v) is 12.4. The minimum absolute atomic E-state index is 0.176. The molecular formula is C16H20FNOS. The van der Waals surface area contributed by atoms with Crippen LogP contribution in [0, 0.1) is 5.82 Å². The van der Waals surface area contributed by atoms with Crippen LogP contribution >= 0.6 is 11.3 Å². The lowest BCUT2D eigenvalue weighted by Crippen LogP contribution is -2.25. The summed E-state index contributed by atoms with van der Waals surface area (Å²) < 4.78 is 13.9.